The number of likely N-dealkylation sites (tertiary alicyclic amines) is 1. The molecule has 0 aromatic heterocycles. The van der Waals surface area contributed by atoms with Crippen LogP contribution in [0.3, 0.4) is 0 Å². The SMILES string of the molecule is CCC1CCC(C)N1C(=O)CNC(=O)[C@@H](N)C(C)C.Cl. The first-order valence-electron chi connectivity index (χ1n) is 7.22. The van der Waals surface area contributed by atoms with Gasteiger partial charge in [0.05, 0.1) is 12.6 Å². The number of hydrogen-bond acceptors (Lipinski definition) is 3. The van der Waals surface area contributed by atoms with Crippen molar-refractivity contribution in [2.24, 2.45) is 11.7 Å². The van der Waals surface area contributed by atoms with Crippen molar-refractivity contribution in [3.63, 3.8) is 0 Å². The molecule has 0 aromatic rings. The second kappa shape index (κ2) is 8.47. The van der Waals surface area contributed by atoms with E-state index >= 15 is 0 Å². The van der Waals surface area contributed by atoms with Gasteiger partial charge in [-0.25, -0.2) is 0 Å². The second-order valence-corrected chi connectivity index (χ2v) is 5.78. The first-order valence-corrected chi connectivity index (χ1v) is 7.22. The van der Waals surface area contributed by atoms with Crippen LogP contribution in [0.1, 0.15) is 47.0 Å². The highest BCUT2D eigenvalue weighted by atomic mass is 35.5. The molecule has 1 fully saturated rings. The summed E-state index contributed by atoms with van der Waals surface area (Å²) in [5, 5.41) is 2.65. The topological polar surface area (TPSA) is 75.4 Å². The van der Waals surface area contributed by atoms with Gasteiger partial charge in [-0.05, 0) is 32.1 Å². The third kappa shape index (κ3) is 4.63. The van der Waals surface area contributed by atoms with E-state index in [0.29, 0.717) is 6.04 Å². The number of hydrogen-bond donors (Lipinski definition) is 2. The summed E-state index contributed by atoms with van der Waals surface area (Å²) in [6, 6.07) is 0.0390. The zero-order valence-electron chi connectivity index (χ0n) is 12.9. The van der Waals surface area contributed by atoms with Crippen molar-refractivity contribution in [2.75, 3.05) is 6.54 Å². The summed E-state index contributed by atoms with van der Waals surface area (Å²) in [7, 11) is 0. The van der Waals surface area contributed by atoms with E-state index in [9.17, 15) is 9.59 Å². The van der Waals surface area contributed by atoms with Crippen molar-refractivity contribution >= 4 is 24.2 Å². The zero-order valence-corrected chi connectivity index (χ0v) is 13.7. The van der Waals surface area contributed by atoms with Gasteiger partial charge in [-0.1, -0.05) is 20.8 Å². The molecule has 5 nitrogen and oxygen atoms in total. The smallest absolute Gasteiger partial charge is 0.242 e. The minimum Gasteiger partial charge on any atom is -0.346 e. The van der Waals surface area contributed by atoms with E-state index in [0.717, 1.165) is 19.3 Å². The summed E-state index contributed by atoms with van der Waals surface area (Å²) < 4.78 is 0. The maximum atomic E-state index is 12.2. The van der Waals surface area contributed by atoms with E-state index in [1.165, 1.54) is 0 Å². The van der Waals surface area contributed by atoms with Gasteiger partial charge in [0, 0.05) is 12.1 Å². The molecule has 3 N–H and O–H groups in total. The third-order valence-corrected chi connectivity index (χ3v) is 3.98. The Kier molecular flexibility index (Phi) is 8.13. The van der Waals surface area contributed by atoms with Gasteiger partial charge >= 0.3 is 0 Å². The van der Waals surface area contributed by atoms with Crippen molar-refractivity contribution in [2.45, 2.75) is 65.1 Å². The lowest BCUT2D eigenvalue weighted by Gasteiger charge is -2.28. The number of carbonyl (C=O) groups is 2. The van der Waals surface area contributed by atoms with Gasteiger partial charge < -0.3 is 16.0 Å². The Hall–Kier alpha value is -0.810. The van der Waals surface area contributed by atoms with E-state index in [2.05, 4.69) is 19.2 Å². The number of carbonyl (C=O) groups excluding carboxylic acids is 2. The molecule has 0 spiro atoms. The van der Waals surface area contributed by atoms with E-state index in [4.69, 9.17) is 5.73 Å². The fourth-order valence-electron chi connectivity index (χ4n) is 2.60. The monoisotopic (exact) mass is 305 g/mol. The first kappa shape index (κ1) is 19.2. The fourth-order valence-corrected chi connectivity index (χ4v) is 2.60. The number of nitrogens with zero attached hydrogens (tertiary/aromatic N) is 1. The Labute approximate surface area is 128 Å². The van der Waals surface area contributed by atoms with Crippen LogP contribution in [0.4, 0.5) is 0 Å². The van der Waals surface area contributed by atoms with Crippen LogP contribution in [0.15, 0.2) is 0 Å². The van der Waals surface area contributed by atoms with Crippen LogP contribution in [-0.2, 0) is 9.59 Å². The third-order valence-electron chi connectivity index (χ3n) is 3.98. The molecule has 0 radical (unpaired) electrons. The fraction of sp³-hybridized carbons (Fsp3) is 0.857. The molecule has 6 heteroatoms. The highest BCUT2D eigenvalue weighted by Gasteiger charge is 2.33. The van der Waals surface area contributed by atoms with Gasteiger partial charge in [0.25, 0.3) is 0 Å². The normalized spacial score (nSPS) is 23.4. The minimum atomic E-state index is -0.550. The summed E-state index contributed by atoms with van der Waals surface area (Å²) >= 11 is 0. The molecule has 1 saturated heterocycles. The molecule has 0 bridgehead atoms. The standard InChI is InChI=1S/C14H27N3O2.ClH/c1-5-11-7-6-10(4)17(11)12(18)8-16-14(19)13(15)9(2)3;/h9-11,13H,5-8,15H2,1-4H3,(H,16,19);1H/t10?,11?,13-;/m0./s1. The van der Waals surface area contributed by atoms with Crippen LogP contribution in [0.5, 0.6) is 0 Å². The molecule has 20 heavy (non-hydrogen) atoms. The number of rotatable bonds is 5. The van der Waals surface area contributed by atoms with Crippen LogP contribution in [0, 0.1) is 5.92 Å². The van der Waals surface area contributed by atoms with Crippen molar-refractivity contribution in [1.82, 2.24) is 10.2 Å². The molecular formula is C14H28ClN3O2. The number of halogens is 1. The lowest BCUT2D eigenvalue weighted by atomic mass is 10.1. The lowest BCUT2D eigenvalue weighted by molar-refractivity contribution is -0.135. The summed E-state index contributed by atoms with van der Waals surface area (Å²) in [4.78, 5) is 25.8. The predicted molar refractivity (Wildman–Crippen MR) is 82.7 cm³/mol. The Bertz CT molecular complexity index is 336. The van der Waals surface area contributed by atoms with Crippen LogP contribution < -0.4 is 11.1 Å². The summed E-state index contributed by atoms with van der Waals surface area (Å²) in [5.74, 6) is -0.173. The molecule has 1 rings (SSSR count). The van der Waals surface area contributed by atoms with E-state index < -0.39 is 6.04 Å². The first-order chi connectivity index (χ1) is 8.88. The van der Waals surface area contributed by atoms with Gasteiger partial charge in [-0.3, -0.25) is 9.59 Å². The molecule has 2 amide bonds. The largest absolute Gasteiger partial charge is 0.346 e. The van der Waals surface area contributed by atoms with E-state index in [1.54, 1.807) is 0 Å². The van der Waals surface area contributed by atoms with E-state index in [-0.39, 0.29) is 42.7 Å². The zero-order chi connectivity index (χ0) is 14.6. The van der Waals surface area contributed by atoms with Crippen LogP contribution in [0.25, 0.3) is 0 Å². The van der Waals surface area contributed by atoms with Gasteiger partial charge in [-0.15, -0.1) is 12.4 Å². The maximum Gasteiger partial charge on any atom is 0.242 e. The highest BCUT2D eigenvalue weighted by molar-refractivity contribution is 5.87. The Morgan fingerprint density at radius 1 is 1.35 bits per heavy atom. The Morgan fingerprint density at radius 2 is 1.95 bits per heavy atom. The molecule has 1 heterocycles. The second-order valence-electron chi connectivity index (χ2n) is 5.78. The van der Waals surface area contributed by atoms with Crippen molar-refractivity contribution in [3.05, 3.63) is 0 Å². The summed E-state index contributed by atoms with van der Waals surface area (Å²) in [6.07, 6.45) is 3.07. The number of amides is 2. The Morgan fingerprint density at radius 3 is 2.45 bits per heavy atom. The van der Waals surface area contributed by atoms with Crippen molar-refractivity contribution in [1.29, 1.82) is 0 Å². The minimum absolute atomic E-state index is 0. The van der Waals surface area contributed by atoms with Crippen LogP contribution in [0.2, 0.25) is 0 Å². The molecule has 3 atom stereocenters. The van der Waals surface area contributed by atoms with Crippen molar-refractivity contribution < 1.29 is 9.59 Å². The predicted octanol–water partition coefficient (Wildman–Crippen LogP) is 1.30. The van der Waals surface area contributed by atoms with Crippen molar-refractivity contribution in [3.8, 4) is 0 Å². The molecule has 0 aliphatic carbocycles. The molecule has 118 valence electrons. The average Bonchev–Trinajstić information content (AvgIpc) is 2.75. The molecule has 1 aliphatic rings. The maximum absolute atomic E-state index is 12.2. The molecule has 2 unspecified atom stereocenters. The summed E-state index contributed by atoms with van der Waals surface area (Å²) in [5.41, 5.74) is 5.74. The van der Waals surface area contributed by atoms with Gasteiger partial charge in [0.15, 0.2) is 0 Å². The van der Waals surface area contributed by atoms with Crippen LogP contribution in [-0.4, -0.2) is 41.4 Å². The van der Waals surface area contributed by atoms with E-state index in [1.807, 2.05) is 18.7 Å². The molecular weight excluding hydrogens is 278 g/mol. The van der Waals surface area contributed by atoms with Gasteiger partial charge in [-0.2, -0.15) is 0 Å². The average molecular weight is 306 g/mol. The molecule has 1 aliphatic heterocycles. The highest BCUT2D eigenvalue weighted by Crippen LogP contribution is 2.25. The van der Waals surface area contributed by atoms with Crippen LogP contribution >= 0.6 is 12.4 Å². The summed E-state index contributed by atoms with van der Waals surface area (Å²) in [6.45, 7) is 8.00. The quantitative estimate of drug-likeness (QED) is 0.804. The molecule has 0 saturated carbocycles. The van der Waals surface area contributed by atoms with Gasteiger partial charge in [0.2, 0.25) is 11.8 Å². The number of nitrogens with two attached hydrogens (primary N) is 1. The Balaban J connectivity index is 0.00000361. The molecule has 0 aromatic carbocycles. The lowest BCUT2D eigenvalue weighted by Crippen LogP contribution is -2.49. The van der Waals surface area contributed by atoms with Gasteiger partial charge in [0.1, 0.15) is 0 Å². The number of nitrogens with one attached hydrogen (secondary N) is 1.